The predicted molar refractivity (Wildman–Crippen MR) is 82.8 cm³/mol. The number of rotatable bonds is 7. The van der Waals surface area contributed by atoms with Crippen LogP contribution in [0.5, 0.6) is 0 Å². The average Bonchev–Trinajstić information content (AvgIpc) is 3.23. The van der Waals surface area contributed by atoms with E-state index in [0.717, 1.165) is 19.3 Å². The van der Waals surface area contributed by atoms with E-state index in [1.807, 2.05) is 0 Å². The topological polar surface area (TPSA) is 54.5 Å². The average molecular weight is 309 g/mol. The van der Waals surface area contributed by atoms with Crippen LogP contribution in [0.2, 0.25) is 0 Å². The lowest BCUT2D eigenvalue weighted by atomic mass is 10.1. The number of ketones is 1. The second-order valence-electron chi connectivity index (χ2n) is 6.11. The maximum atomic E-state index is 12.7. The van der Waals surface area contributed by atoms with Crippen molar-refractivity contribution in [2.75, 3.05) is 6.54 Å². The second kappa shape index (κ2) is 6.28. The van der Waals surface area contributed by atoms with Gasteiger partial charge in [-0.15, -0.1) is 0 Å². The van der Waals surface area contributed by atoms with E-state index in [1.54, 1.807) is 16.4 Å². The van der Waals surface area contributed by atoms with Gasteiger partial charge < -0.3 is 0 Å². The molecule has 0 heterocycles. The van der Waals surface area contributed by atoms with Crippen molar-refractivity contribution in [2.24, 2.45) is 5.92 Å². The van der Waals surface area contributed by atoms with Gasteiger partial charge >= 0.3 is 0 Å². The van der Waals surface area contributed by atoms with Crippen LogP contribution in [0.15, 0.2) is 29.2 Å². The van der Waals surface area contributed by atoms with E-state index < -0.39 is 10.0 Å². The third-order valence-electron chi connectivity index (χ3n) is 3.75. The maximum absolute atomic E-state index is 12.7. The van der Waals surface area contributed by atoms with E-state index in [4.69, 9.17) is 0 Å². The van der Waals surface area contributed by atoms with Gasteiger partial charge in [0.05, 0.1) is 4.90 Å². The van der Waals surface area contributed by atoms with E-state index in [9.17, 15) is 13.2 Å². The standard InChI is InChI=1S/C16H23NO3S/c1-12(2)10-11-17(15-6-7-15)21(19,20)16-8-4-14(5-9-16)13(3)18/h4-5,8-9,12,15H,6-7,10-11H2,1-3H3. The summed E-state index contributed by atoms with van der Waals surface area (Å²) in [5.74, 6) is 0.416. The molecular formula is C16H23NO3S. The Labute approximate surface area is 127 Å². The molecule has 4 nitrogen and oxygen atoms in total. The van der Waals surface area contributed by atoms with Crippen LogP contribution in [0.4, 0.5) is 0 Å². The molecule has 21 heavy (non-hydrogen) atoms. The van der Waals surface area contributed by atoms with E-state index in [-0.39, 0.29) is 16.7 Å². The molecule has 0 bridgehead atoms. The lowest BCUT2D eigenvalue weighted by molar-refractivity contribution is 0.101. The molecule has 0 radical (unpaired) electrons. The van der Waals surface area contributed by atoms with Crippen LogP contribution in [0.1, 0.15) is 50.4 Å². The van der Waals surface area contributed by atoms with Crippen molar-refractivity contribution in [3.63, 3.8) is 0 Å². The van der Waals surface area contributed by atoms with Gasteiger partial charge in [-0.25, -0.2) is 8.42 Å². The highest BCUT2D eigenvalue weighted by atomic mass is 32.2. The quantitative estimate of drug-likeness (QED) is 0.727. The minimum absolute atomic E-state index is 0.0576. The maximum Gasteiger partial charge on any atom is 0.243 e. The van der Waals surface area contributed by atoms with Gasteiger partial charge in [0.2, 0.25) is 10.0 Å². The number of nitrogens with zero attached hydrogens (tertiary/aromatic N) is 1. The first-order valence-corrected chi connectivity index (χ1v) is 8.89. The Morgan fingerprint density at radius 2 is 1.81 bits per heavy atom. The Balaban J connectivity index is 2.23. The molecule has 1 saturated carbocycles. The van der Waals surface area contributed by atoms with Gasteiger partial charge in [-0.1, -0.05) is 26.0 Å². The minimum Gasteiger partial charge on any atom is -0.295 e. The molecule has 0 spiro atoms. The molecule has 2 rings (SSSR count). The number of carbonyl (C=O) groups is 1. The van der Waals surface area contributed by atoms with E-state index >= 15 is 0 Å². The molecule has 1 aliphatic rings. The van der Waals surface area contributed by atoms with Gasteiger partial charge in [0, 0.05) is 18.2 Å². The summed E-state index contributed by atoms with van der Waals surface area (Å²) in [6.07, 6.45) is 2.76. The molecular weight excluding hydrogens is 286 g/mol. The van der Waals surface area contributed by atoms with Crippen molar-refractivity contribution < 1.29 is 13.2 Å². The van der Waals surface area contributed by atoms with Crippen molar-refractivity contribution in [3.05, 3.63) is 29.8 Å². The first-order valence-electron chi connectivity index (χ1n) is 7.45. The zero-order valence-electron chi connectivity index (χ0n) is 12.9. The molecule has 1 aromatic rings. The van der Waals surface area contributed by atoms with Crippen LogP contribution in [0, 0.1) is 5.92 Å². The smallest absolute Gasteiger partial charge is 0.243 e. The summed E-state index contributed by atoms with van der Waals surface area (Å²) >= 11 is 0. The van der Waals surface area contributed by atoms with E-state index in [0.29, 0.717) is 18.0 Å². The number of benzene rings is 1. The fourth-order valence-corrected chi connectivity index (χ4v) is 3.94. The van der Waals surface area contributed by atoms with Gasteiger partial charge in [-0.3, -0.25) is 4.79 Å². The number of hydrogen-bond acceptors (Lipinski definition) is 3. The molecule has 0 N–H and O–H groups in total. The zero-order valence-corrected chi connectivity index (χ0v) is 13.7. The highest BCUT2D eigenvalue weighted by molar-refractivity contribution is 7.89. The third-order valence-corrected chi connectivity index (χ3v) is 5.71. The lowest BCUT2D eigenvalue weighted by Gasteiger charge is -2.22. The summed E-state index contributed by atoms with van der Waals surface area (Å²) in [5, 5.41) is 0. The number of sulfonamides is 1. The fraction of sp³-hybridized carbons (Fsp3) is 0.562. The first kappa shape index (κ1) is 16.2. The second-order valence-corrected chi connectivity index (χ2v) is 8.00. The highest BCUT2D eigenvalue weighted by Crippen LogP contribution is 2.32. The molecule has 0 saturated heterocycles. The summed E-state index contributed by atoms with van der Waals surface area (Å²) in [5.41, 5.74) is 0.536. The van der Waals surface area contributed by atoms with Crippen LogP contribution in [0.25, 0.3) is 0 Å². The SMILES string of the molecule is CC(=O)c1ccc(S(=O)(=O)N(CCC(C)C)C2CC2)cc1. The Kier molecular flexibility index (Phi) is 4.84. The van der Waals surface area contributed by atoms with Gasteiger partial charge in [0.1, 0.15) is 0 Å². The molecule has 1 aromatic carbocycles. The van der Waals surface area contributed by atoms with Crippen molar-refractivity contribution in [1.82, 2.24) is 4.31 Å². The van der Waals surface area contributed by atoms with Crippen LogP contribution < -0.4 is 0 Å². The van der Waals surface area contributed by atoms with Crippen molar-refractivity contribution in [3.8, 4) is 0 Å². The van der Waals surface area contributed by atoms with Crippen molar-refractivity contribution in [1.29, 1.82) is 0 Å². The third kappa shape index (κ3) is 3.92. The molecule has 0 aliphatic heterocycles. The zero-order chi connectivity index (χ0) is 15.6. The lowest BCUT2D eigenvalue weighted by Crippen LogP contribution is -2.34. The number of Topliss-reactive ketones (excluding diaryl/α,β-unsaturated/α-hetero) is 1. The first-order chi connectivity index (χ1) is 9.82. The fourth-order valence-electron chi connectivity index (χ4n) is 2.24. The van der Waals surface area contributed by atoms with Gasteiger partial charge in [0.15, 0.2) is 5.78 Å². The van der Waals surface area contributed by atoms with Gasteiger partial charge in [-0.05, 0) is 44.2 Å². The largest absolute Gasteiger partial charge is 0.295 e. The molecule has 0 amide bonds. The van der Waals surface area contributed by atoms with Crippen molar-refractivity contribution in [2.45, 2.75) is 51.0 Å². The monoisotopic (exact) mass is 309 g/mol. The summed E-state index contributed by atoms with van der Waals surface area (Å²) < 4.78 is 27.1. The van der Waals surface area contributed by atoms with E-state index in [1.165, 1.54) is 19.1 Å². The molecule has 0 atom stereocenters. The van der Waals surface area contributed by atoms with Crippen molar-refractivity contribution >= 4 is 15.8 Å². The highest BCUT2D eigenvalue weighted by Gasteiger charge is 2.37. The summed E-state index contributed by atoms with van der Waals surface area (Å²) in [7, 11) is -3.45. The summed E-state index contributed by atoms with van der Waals surface area (Å²) in [4.78, 5) is 11.6. The Hall–Kier alpha value is -1.20. The Morgan fingerprint density at radius 3 is 2.24 bits per heavy atom. The van der Waals surface area contributed by atoms with E-state index in [2.05, 4.69) is 13.8 Å². The van der Waals surface area contributed by atoms with Crippen LogP contribution in [-0.2, 0) is 10.0 Å². The molecule has 0 aromatic heterocycles. The normalized spacial score (nSPS) is 15.7. The predicted octanol–water partition coefficient (Wildman–Crippen LogP) is 3.09. The van der Waals surface area contributed by atoms with Gasteiger partial charge in [-0.2, -0.15) is 4.31 Å². The summed E-state index contributed by atoms with van der Waals surface area (Å²) in [6, 6.07) is 6.40. The van der Waals surface area contributed by atoms with Crippen LogP contribution in [-0.4, -0.2) is 31.1 Å². The van der Waals surface area contributed by atoms with Crippen LogP contribution in [0.3, 0.4) is 0 Å². The Bertz CT molecular complexity index is 601. The molecule has 1 aliphatic carbocycles. The molecule has 5 heteroatoms. The van der Waals surface area contributed by atoms with Crippen LogP contribution >= 0.6 is 0 Å². The number of hydrogen-bond donors (Lipinski definition) is 0. The molecule has 116 valence electrons. The molecule has 1 fully saturated rings. The molecule has 0 unspecified atom stereocenters. The minimum atomic E-state index is -3.45. The Morgan fingerprint density at radius 1 is 1.24 bits per heavy atom. The number of carbonyl (C=O) groups excluding carboxylic acids is 1. The summed E-state index contributed by atoms with van der Waals surface area (Å²) in [6.45, 7) is 6.24. The van der Waals surface area contributed by atoms with Gasteiger partial charge in [0.25, 0.3) is 0 Å².